The molecule has 1 aliphatic rings. The summed E-state index contributed by atoms with van der Waals surface area (Å²) in [5.41, 5.74) is 0. The van der Waals surface area contributed by atoms with Crippen molar-refractivity contribution in [2.24, 2.45) is 0 Å². The Morgan fingerprint density at radius 3 is 2.96 bits per heavy atom. The number of hydrogen-bond donors (Lipinski definition) is 1. The number of thioether (sulfide) groups is 1. The average Bonchev–Trinajstić information content (AvgIpc) is 3.11. The highest BCUT2D eigenvalue weighted by atomic mass is 32.2. The van der Waals surface area contributed by atoms with Gasteiger partial charge in [-0.25, -0.2) is 9.36 Å². The number of tetrazole rings is 1. The Kier molecular flexibility index (Phi) is 4.65. The molecule has 2 atom stereocenters. The van der Waals surface area contributed by atoms with E-state index in [1.54, 1.807) is 6.20 Å². The minimum absolute atomic E-state index is 0.0783. The van der Waals surface area contributed by atoms with Crippen LogP contribution in [0.4, 0.5) is 5.82 Å². The van der Waals surface area contributed by atoms with E-state index in [9.17, 15) is 4.79 Å². The normalized spacial score (nSPS) is 17.0. The van der Waals surface area contributed by atoms with E-state index in [2.05, 4.69) is 39.8 Å². The van der Waals surface area contributed by atoms with E-state index in [-0.39, 0.29) is 17.2 Å². The Labute approximate surface area is 139 Å². The fraction of sp³-hybridized carbons (Fsp3) is 0.643. The van der Waals surface area contributed by atoms with Gasteiger partial charge >= 0.3 is 0 Å². The smallest absolute Gasteiger partial charge is 0.238 e. The second kappa shape index (κ2) is 6.69. The van der Waals surface area contributed by atoms with Crippen LogP contribution in [0.25, 0.3) is 0 Å². The number of amides is 1. The van der Waals surface area contributed by atoms with Crippen LogP contribution in [0.5, 0.6) is 0 Å². The van der Waals surface area contributed by atoms with E-state index < -0.39 is 0 Å². The molecule has 1 fully saturated rings. The van der Waals surface area contributed by atoms with Gasteiger partial charge < -0.3 is 5.32 Å². The van der Waals surface area contributed by atoms with Crippen LogP contribution in [0.2, 0.25) is 0 Å². The lowest BCUT2D eigenvalue weighted by atomic mass is 10.3. The van der Waals surface area contributed by atoms with E-state index >= 15 is 0 Å². The molecule has 1 aliphatic carbocycles. The topological polar surface area (TPSA) is 90.5 Å². The van der Waals surface area contributed by atoms with E-state index in [4.69, 9.17) is 0 Å². The van der Waals surface area contributed by atoms with Crippen LogP contribution in [-0.2, 0) is 4.79 Å². The molecular formula is C14H21N7OS. The van der Waals surface area contributed by atoms with Crippen LogP contribution >= 0.6 is 11.8 Å². The van der Waals surface area contributed by atoms with E-state index in [1.807, 2.05) is 22.4 Å². The van der Waals surface area contributed by atoms with Gasteiger partial charge in [0.05, 0.1) is 23.5 Å². The zero-order valence-corrected chi connectivity index (χ0v) is 14.3. The molecule has 2 aromatic heterocycles. The first kappa shape index (κ1) is 16.0. The van der Waals surface area contributed by atoms with E-state index in [1.165, 1.54) is 11.8 Å². The molecule has 124 valence electrons. The van der Waals surface area contributed by atoms with Crippen molar-refractivity contribution in [2.45, 2.75) is 62.5 Å². The molecule has 0 bridgehead atoms. The molecule has 2 heterocycles. The largest absolute Gasteiger partial charge is 0.310 e. The highest BCUT2D eigenvalue weighted by Gasteiger charge is 2.29. The quantitative estimate of drug-likeness (QED) is 0.781. The number of rotatable bonds is 7. The third-order valence-corrected chi connectivity index (χ3v) is 4.98. The zero-order chi connectivity index (χ0) is 16.4. The van der Waals surface area contributed by atoms with Gasteiger partial charge in [-0.3, -0.25) is 4.79 Å². The van der Waals surface area contributed by atoms with Gasteiger partial charge in [-0.1, -0.05) is 18.7 Å². The monoisotopic (exact) mass is 335 g/mol. The highest BCUT2D eigenvalue weighted by molar-refractivity contribution is 8.00. The molecule has 1 saturated carbocycles. The van der Waals surface area contributed by atoms with Gasteiger partial charge in [0, 0.05) is 6.07 Å². The summed E-state index contributed by atoms with van der Waals surface area (Å²) in [4.78, 5) is 12.4. The second-order valence-corrected chi connectivity index (χ2v) is 7.11. The van der Waals surface area contributed by atoms with Crippen LogP contribution in [0.15, 0.2) is 17.4 Å². The molecule has 8 nitrogen and oxygen atoms in total. The maximum atomic E-state index is 12.4. The third kappa shape index (κ3) is 3.54. The van der Waals surface area contributed by atoms with Crippen molar-refractivity contribution in [1.29, 1.82) is 0 Å². The number of nitrogens with zero attached hydrogens (tertiary/aromatic N) is 6. The first-order valence-corrected chi connectivity index (χ1v) is 8.77. The SMILES string of the molecule is CCC(C)n1nccc1NC(=O)C(C)Sc1nnnn1C1CC1. The minimum atomic E-state index is -0.293. The molecule has 0 saturated heterocycles. The second-order valence-electron chi connectivity index (χ2n) is 5.80. The Morgan fingerprint density at radius 2 is 2.26 bits per heavy atom. The van der Waals surface area contributed by atoms with Crippen LogP contribution in [0.1, 0.15) is 52.1 Å². The summed E-state index contributed by atoms with van der Waals surface area (Å²) in [6.07, 6.45) is 4.86. The number of aromatic nitrogens is 6. The van der Waals surface area contributed by atoms with Gasteiger partial charge in [-0.2, -0.15) is 5.10 Å². The molecule has 0 aliphatic heterocycles. The van der Waals surface area contributed by atoms with Crippen molar-refractivity contribution in [3.63, 3.8) is 0 Å². The Bertz CT molecular complexity index is 678. The number of nitrogens with one attached hydrogen (secondary N) is 1. The van der Waals surface area contributed by atoms with Gasteiger partial charge in [0.1, 0.15) is 5.82 Å². The molecule has 0 aromatic carbocycles. The van der Waals surface area contributed by atoms with Gasteiger partial charge in [0.15, 0.2) is 0 Å². The number of carbonyl (C=O) groups excluding carboxylic acids is 1. The summed E-state index contributed by atoms with van der Waals surface area (Å²) in [6.45, 7) is 6.02. The first-order chi connectivity index (χ1) is 11.1. The molecular weight excluding hydrogens is 314 g/mol. The highest BCUT2D eigenvalue weighted by Crippen LogP contribution is 2.37. The van der Waals surface area contributed by atoms with E-state index in [0.717, 1.165) is 25.1 Å². The van der Waals surface area contributed by atoms with Crippen molar-refractivity contribution in [3.8, 4) is 0 Å². The fourth-order valence-electron chi connectivity index (χ4n) is 2.19. The summed E-state index contributed by atoms with van der Waals surface area (Å²) in [6, 6.07) is 2.45. The fourth-order valence-corrected chi connectivity index (χ4v) is 3.05. The summed E-state index contributed by atoms with van der Waals surface area (Å²) in [5, 5.41) is 19.4. The van der Waals surface area contributed by atoms with Gasteiger partial charge in [0.2, 0.25) is 11.1 Å². The molecule has 9 heteroatoms. The number of carbonyl (C=O) groups is 1. The predicted octanol–water partition coefficient (Wildman–Crippen LogP) is 2.29. The minimum Gasteiger partial charge on any atom is -0.310 e. The average molecular weight is 335 g/mol. The van der Waals surface area contributed by atoms with Gasteiger partial charge in [-0.05, 0) is 43.5 Å². The summed E-state index contributed by atoms with van der Waals surface area (Å²) >= 11 is 1.38. The summed E-state index contributed by atoms with van der Waals surface area (Å²) in [7, 11) is 0. The molecule has 23 heavy (non-hydrogen) atoms. The van der Waals surface area contributed by atoms with Gasteiger partial charge in [0.25, 0.3) is 0 Å². The summed E-state index contributed by atoms with van der Waals surface area (Å²) < 4.78 is 3.65. The molecule has 1 N–H and O–H groups in total. The Morgan fingerprint density at radius 1 is 1.48 bits per heavy atom. The maximum absolute atomic E-state index is 12.4. The lowest BCUT2D eigenvalue weighted by molar-refractivity contribution is -0.115. The zero-order valence-electron chi connectivity index (χ0n) is 13.5. The molecule has 3 rings (SSSR count). The molecule has 2 unspecified atom stereocenters. The maximum Gasteiger partial charge on any atom is 0.238 e. The van der Waals surface area contributed by atoms with Crippen molar-refractivity contribution in [2.75, 3.05) is 5.32 Å². The van der Waals surface area contributed by atoms with Gasteiger partial charge in [-0.15, -0.1) is 5.10 Å². The van der Waals surface area contributed by atoms with Crippen molar-refractivity contribution < 1.29 is 4.79 Å². The van der Waals surface area contributed by atoms with Crippen LogP contribution < -0.4 is 5.32 Å². The lowest BCUT2D eigenvalue weighted by Crippen LogP contribution is -2.25. The van der Waals surface area contributed by atoms with Crippen molar-refractivity contribution in [1.82, 2.24) is 30.0 Å². The lowest BCUT2D eigenvalue weighted by Gasteiger charge is -2.16. The molecule has 0 spiro atoms. The molecule has 0 radical (unpaired) electrons. The first-order valence-electron chi connectivity index (χ1n) is 7.89. The molecule has 2 aromatic rings. The van der Waals surface area contributed by atoms with E-state index in [0.29, 0.717) is 11.2 Å². The van der Waals surface area contributed by atoms with Crippen molar-refractivity contribution >= 4 is 23.5 Å². The van der Waals surface area contributed by atoms with Crippen LogP contribution in [0.3, 0.4) is 0 Å². The Balaban J connectivity index is 1.64. The standard InChI is InChI=1S/C14H21N7OS/c1-4-9(2)20-12(7-8-15-20)16-13(22)10(3)23-14-17-18-19-21(14)11-5-6-11/h7-11H,4-6H2,1-3H3,(H,16,22). The third-order valence-electron chi connectivity index (χ3n) is 3.94. The Hall–Kier alpha value is -1.90. The predicted molar refractivity (Wildman–Crippen MR) is 87.3 cm³/mol. The van der Waals surface area contributed by atoms with Crippen molar-refractivity contribution in [3.05, 3.63) is 12.3 Å². The summed E-state index contributed by atoms with van der Waals surface area (Å²) in [5.74, 6) is 0.643. The number of hydrogen-bond acceptors (Lipinski definition) is 6. The number of anilines is 1. The van der Waals surface area contributed by atoms with Crippen LogP contribution in [-0.4, -0.2) is 41.1 Å². The molecule has 1 amide bonds. The van der Waals surface area contributed by atoms with Crippen LogP contribution in [0, 0.1) is 0 Å².